The summed E-state index contributed by atoms with van der Waals surface area (Å²) in [5, 5.41) is 0. The number of nitrogens with zero attached hydrogens (tertiary/aromatic N) is 2. The van der Waals surface area contributed by atoms with E-state index in [1.165, 1.54) is 0 Å². The van der Waals surface area contributed by atoms with E-state index >= 15 is 0 Å². The minimum absolute atomic E-state index is 0.280. The predicted octanol–water partition coefficient (Wildman–Crippen LogP) is 0.614. The van der Waals surface area contributed by atoms with Gasteiger partial charge in [0.05, 0.1) is 25.4 Å². The van der Waals surface area contributed by atoms with Gasteiger partial charge in [-0.1, -0.05) is 0 Å². The number of fused-ring (bicyclic) bond motifs is 1. The van der Waals surface area contributed by atoms with Crippen molar-refractivity contribution < 1.29 is 9.53 Å². The van der Waals surface area contributed by atoms with Crippen molar-refractivity contribution in [3.05, 3.63) is 29.8 Å². The lowest BCUT2D eigenvalue weighted by Gasteiger charge is -2.02. The minimum Gasteiger partial charge on any atom is -0.495 e. The number of hydrogen-bond acceptors (Lipinski definition) is 4. The molecule has 0 amide bonds. The SMILES string of the molecule is COc1ccc2c(C=O)nc(CN)n2c1. The Morgan fingerprint density at radius 2 is 2.40 bits per heavy atom. The van der Waals surface area contributed by atoms with Crippen LogP contribution in [0.15, 0.2) is 18.3 Å². The highest BCUT2D eigenvalue weighted by atomic mass is 16.5. The van der Waals surface area contributed by atoms with E-state index < -0.39 is 0 Å². The second-order valence-corrected chi connectivity index (χ2v) is 3.06. The Morgan fingerprint density at radius 3 is 3.00 bits per heavy atom. The Bertz CT molecular complexity index is 505. The van der Waals surface area contributed by atoms with Crippen molar-refractivity contribution in [2.45, 2.75) is 6.54 Å². The van der Waals surface area contributed by atoms with Crippen LogP contribution >= 0.6 is 0 Å². The van der Waals surface area contributed by atoms with E-state index in [0.29, 0.717) is 17.3 Å². The first-order valence-corrected chi connectivity index (χ1v) is 4.50. The standard InChI is InChI=1S/C10H11N3O2/c1-15-7-2-3-9-8(6-14)12-10(4-11)13(9)5-7/h2-3,5-6H,4,11H2,1H3. The average Bonchev–Trinajstić information content (AvgIpc) is 2.65. The normalized spacial score (nSPS) is 10.5. The van der Waals surface area contributed by atoms with E-state index in [1.54, 1.807) is 29.8 Å². The van der Waals surface area contributed by atoms with Gasteiger partial charge in [-0.2, -0.15) is 0 Å². The van der Waals surface area contributed by atoms with E-state index in [1.807, 2.05) is 0 Å². The first kappa shape index (κ1) is 9.67. The Hall–Kier alpha value is -1.88. The second kappa shape index (κ2) is 3.70. The maximum Gasteiger partial charge on any atom is 0.170 e. The number of carbonyl (C=O) groups excluding carboxylic acids is 1. The summed E-state index contributed by atoms with van der Waals surface area (Å²) in [7, 11) is 1.58. The third-order valence-corrected chi connectivity index (χ3v) is 2.24. The highest BCUT2D eigenvalue weighted by Gasteiger charge is 2.09. The molecule has 2 N–H and O–H groups in total. The molecule has 0 aromatic carbocycles. The van der Waals surface area contributed by atoms with Crippen molar-refractivity contribution in [3.63, 3.8) is 0 Å². The van der Waals surface area contributed by atoms with Crippen molar-refractivity contribution in [2.24, 2.45) is 5.73 Å². The Morgan fingerprint density at radius 1 is 1.60 bits per heavy atom. The molecule has 0 aliphatic rings. The molecule has 0 aliphatic carbocycles. The van der Waals surface area contributed by atoms with Crippen molar-refractivity contribution in [2.75, 3.05) is 7.11 Å². The number of imidazole rings is 1. The van der Waals surface area contributed by atoms with E-state index in [9.17, 15) is 4.79 Å². The van der Waals surface area contributed by atoms with Gasteiger partial charge in [0.15, 0.2) is 6.29 Å². The fourth-order valence-electron chi connectivity index (χ4n) is 1.51. The lowest BCUT2D eigenvalue weighted by Crippen LogP contribution is -2.02. The smallest absolute Gasteiger partial charge is 0.170 e. The highest BCUT2D eigenvalue weighted by Crippen LogP contribution is 2.17. The van der Waals surface area contributed by atoms with Gasteiger partial charge < -0.3 is 10.5 Å². The van der Waals surface area contributed by atoms with Gasteiger partial charge in [-0.3, -0.25) is 9.20 Å². The molecule has 0 bridgehead atoms. The molecule has 2 rings (SSSR count). The lowest BCUT2D eigenvalue weighted by atomic mass is 10.3. The molecule has 0 aliphatic heterocycles. The Labute approximate surface area is 86.5 Å². The molecule has 0 radical (unpaired) electrons. The number of ether oxygens (including phenoxy) is 1. The van der Waals surface area contributed by atoms with Gasteiger partial charge in [0.1, 0.15) is 17.3 Å². The van der Waals surface area contributed by atoms with E-state index in [2.05, 4.69) is 4.98 Å². The molecule has 15 heavy (non-hydrogen) atoms. The molecule has 2 aromatic rings. The molecular weight excluding hydrogens is 194 g/mol. The van der Waals surface area contributed by atoms with Gasteiger partial charge in [0.2, 0.25) is 0 Å². The Balaban J connectivity index is 2.73. The van der Waals surface area contributed by atoms with Crippen molar-refractivity contribution in [1.82, 2.24) is 9.38 Å². The zero-order valence-corrected chi connectivity index (χ0v) is 8.30. The van der Waals surface area contributed by atoms with Crippen molar-refractivity contribution in [3.8, 4) is 5.75 Å². The maximum absolute atomic E-state index is 10.8. The first-order chi connectivity index (χ1) is 7.30. The van der Waals surface area contributed by atoms with Crippen LogP contribution in [0.25, 0.3) is 5.52 Å². The number of rotatable bonds is 3. The number of aromatic nitrogens is 2. The lowest BCUT2D eigenvalue weighted by molar-refractivity contribution is 0.112. The fourth-order valence-corrected chi connectivity index (χ4v) is 1.51. The van der Waals surface area contributed by atoms with Crippen LogP contribution < -0.4 is 10.5 Å². The van der Waals surface area contributed by atoms with Gasteiger partial charge in [-0.25, -0.2) is 4.98 Å². The molecule has 0 unspecified atom stereocenters. The number of methoxy groups -OCH3 is 1. The first-order valence-electron chi connectivity index (χ1n) is 4.50. The summed E-state index contributed by atoms with van der Waals surface area (Å²) in [6, 6.07) is 3.57. The predicted molar refractivity (Wildman–Crippen MR) is 55.0 cm³/mol. The highest BCUT2D eigenvalue weighted by molar-refractivity contribution is 5.83. The molecular formula is C10H11N3O2. The van der Waals surface area contributed by atoms with Gasteiger partial charge in [-0.15, -0.1) is 0 Å². The number of nitrogens with two attached hydrogens (primary N) is 1. The van der Waals surface area contributed by atoms with Crippen LogP contribution in [0, 0.1) is 0 Å². The summed E-state index contributed by atoms with van der Waals surface area (Å²) < 4.78 is 6.85. The quantitative estimate of drug-likeness (QED) is 0.745. The molecule has 0 saturated carbocycles. The molecule has 0 saturated heterocycles. The average molecular weight is 205 g/mol. The van der Waals surface area contributed by atoms with Gasteiger partial charge in [0, 0.05) is 0 Å². The summed E-state index contributed by atoms with van der Waals surface area (Å²) in [4.78, 5) is 14.9. The summed E-state index contributed by atoms with van der Waals surface area (Å²) in [6.07, 6.45) is 2.48. The molecule has 2 heterocycles. The monoisotopic (exact) mass is 205 g/mol. The molecule has 78 valence electrons. The third-order valence-electron chi connectivity index (χ3n) is 2.24. The molecule has 0 spiro atoms. The second-order valence-electron chi connectivity index (χ2n) is 3.06. The van der Waals surface area contributed by atoms with Crippen LogP contribution in [0.5, 0.6) is 5.75 Å². The number of hydrogen-bond donors (Lipinski definition) is 1. The topological polar surface area (TPSA) is 69.6 Å². The molecule has 2 aromatic heterocycles. The summed E-state index contributed by atoms with van der Waals surface area (Å²) in [6.45, 7) is 0.280. The molecule has 0 atom stereocenters. The van der Waals surface area contributed by atoms with Gasteiger partial charge in [-0.05, 0) is 12.1 Å². The summed E-state index contributed by atoms with van der Waals surface area (Å²) >= 11 is 0. The van der Waals surface area contributed by atoms with Crippen LogP contribution in [0.2, 0.25) is 0 Å². The zero-order chi connectivity index (χ0) is 10.8. The number of aldehydes is 1. The Kier molecular flexibility index (Phi) is 2.39. The number of carbonyl (C=O) groups is 1. The van der Waals surface area contributed by atoms with Crippen molar-refractivity contribution in [1.29, 1.82) is 0 Å². The zero-order valence-electron chi connectivity index (χ0n) is 8.30. The number of pyridine rings is 1. The molecule has 0 fully saturated rings. The minimum atomic E-state index is 0.280. The molecule has 5 nitrogen and oxygen atoms in total. The van der Waals surface area contributed by atoms with Crippen LogP contribution in [-0.4, -0.2) is 22.8 Å². The van der Waals surface area contributed by atoms with Crippen LogP contribution in [0.1, 0.15) is 16.3 Å². The van der Waals surface area contributed by atoms with Crippen LogP contribution in [0.4, 0.5) is 0 Å². The third kappa shape index (κ3) is 1.46. The molecule has 5 heteroatoms. The van der Waals surface area contributed by atoms with E-state index in [4.69, 9.17) is 10.5 Å². The summed E-state index contributed by atoms with van der Waals surface area (Å²) in [5.74, 6) is 1.35. The fraction of sp³-hybridized carbons (Fsp3) is 0.200. The van der Waals surface area contributed by atoms with E-state index in [-0.39, 0.29) is 6.54 Å². The summed E-state index contributed by atoms with van der Waals surface area (Å²) in [5.41, 5.74) is 6.68. The van der Waals surface area contributed by atoms with Crippen LogP contribution in [0.3, 0.4) is 0 Å². The largest absolute Gasteiger partial charge is 0.495 e. The van der Waals surface area contributed by atoms with E-state index in [0.717, 1.165) is 11.8 Å². The van der Waals surface area contributed by atoms with Crippen molar-refractivity contribution >= 4 is 11.8 Å². The maximum atomic E-state index is 10.8. The van der Waals surface area contributed by atoms with Crippen LogP contribution in [-0.2, 0) is 6.54 Å². The van der Waals surface area contributed by atoms with Gasteiger partial charge >= 0.3 is 0 Å². The van der Waals surface area contributed by atoms with Gasteiger partial charge in [0.25, 0.3) is 0 Å².